The quantitative estimate of drug-likeness (QED) is 0.463. The molecule has 2 atom stereocenters. The lowest BCUT2D eigenvalue weighted by molar-refractivity contribution is 0.117. The predicted octanol–water partition coefficient (Wildman–Crippen LogP) is 2.44. The Morgan fingerprint density at radius 3 is 2.22 bits per heavy atom. The van der Waals surface area contributed by atoms with E-state index in [4.69, 9.17) is 0 Å². The van der Waals surface area contributed by atoms with E-state index in [0.717, 1.165) is 5.41 Å². The van der Waals surface area contributed by atoms with Crippen LogP contribution in [0.15, 0.2) is 0 Å². The largest absolute Gasteiger partial charge is 0.0593 e. The average molecular weight is 122 g/mol. The summed E-state index contributed by atoms with van der Waals surface area (Å²) in [5.74, 6) is 3.58. The molecule has 0 aromatic carbocycles. The zero-order chi connectivity index (χ0) is 6.06. The van der Waals surface area contributed by atoms with E-state index in [0.29, 0.717) is 0 Å². The third-order valence-corrected chi connectivity index (χ3v) is 4.29. The molecule has 0 amide bonds. The van der Waals surface area contributed by atoms with E-state index in [-0.39, 0.29) is 0 Å². The van der Waals surface area contributed by atoms with Crippen molar-refractivity contribution in [3.63, 3.8) is 0 Å². The molecule has 0 aromatic heterocycles. The van der Waals surface area contributed by atoms with Crippen molar-refractivity contribution < 1.29 is 0 Å². The van der Waals surface area contributed by atoms with Crippen LogP contribution in [0.3, 0.4) is 0 Å². The van der Waals surface area contributed by atoms with Crippen molar-refractivity contribution in [2.75, 3.05) is 0 Å². The molecule has 0 saturated heterocycles. The van der Waals surface area contributed by atoms with E-state index in [1.54, 1.807) is 25.7 Å². The number of rotatable bonds is 0. The Morgan fingerprint density at radius 1 is 1.22 bits per heavy atom. The SMILES string of the molecule is CC12CC(C1)C1CCC12. The third-order valence-electron chi connectivity index (χ3n) is 4.29. The van der Waals surface area contributed by atoms with E-state index >= 15 is 0 Å². The maximum atomic E-state index is 2.51. The summed E-state index contributed by atoms with van der Waals surface area (Å²) in [7, 11) is 0. The van der Waals surface area contributed by atoms with Crippen LogP contribution in [0.5, 0.6) is 0 Å². The lowest BCUT2D eigenvalue weighted by Gasteiger charge is -2.38. The highest BCUT2D eigenvalue weighted by molar-refractivity contribution is 5.12. The number of hydrogen-bond acceptors (Lipinski definition) is 0. The van der Waals surface area contributed by atoms with Gasteiger partial charge < -0.3 is 0 Å². The first-order chi connectivity index (χ1) is 4.30. The minimum atomic E-state index is 0.855. The molecule has 0 aromatic rings. The molecule has 2 bridgehead atoms. The second-order valence-corrected chi connectivity index (χ2v) is 4.67. The molecule has 4 rings (SSSR count). The maximum Gasteiger partial charge on any atom is -0.0289 e. The highest BCUT2D eigenvalue weighted by Crippen LogP contribution is 2.71. The van der Waals surface area contributed by atoms with Crippen molar-refractivity contribution >= 4 is 0 Å². The van der Waals surface area contributed by atoms with Crippen molar-refractivity contribution in [3.05, 3.63) is 0 Å². The van der Waals surface area contributed by atoms with Crippen LogP contribution in [0.1, 0.15) is 32.6 Å². The minimum absolute atomic E-state index is 0.855. The van der Waals surface area contributed by atoms with Gasteiger partial charge in [0.25, 0.3) is 0 Å². The Kier molecular flexibility index (Phi) is 0.574. The maximum absolute atomic E-state index is 2.51. The summed E-state index contributed by atoms with van der Waals surface area (Å²) >= 11 is 0. The molecule has 4 fully saturated rings. The molecule has 50 valence electrons. The molecule has 4 aliphatic carbocycles. The molecule has 9 heavy (non-hydrogen) atoms. The third kappa shape index (κ3) is 0.342. The molecule has 2 unspecified atom stereocenters. The smallest absolute Gasteiger partial charge is 0.0289 e. The van der Waals surface area contributed by atoms with Crippen LogP contribution in [0, 0.1) is 23.2 Å². The molecular weight excluding hydrogens is 108 g/mol. The van der Waals surface area contributed by atoms with Gasteiger partial charge in [0.15, 0.2) is 0 Å². The standard InChI is InChI=1S/C9H14/c1-9-4-6(5-9)7-2-3-8(7)9/h6-8H,2-5H2,1H3. The summed E-state index contributed by atoms with van der Waals surface area (Å²) in [6, 6.07) is 0. The molecule has 0 aliphatic heterocycles. The highest BCUT2D eigenvalue weighted by atomic mass is 14.7. The molecular formula is C9H14. The lowest BCUT2D eigenvalue weighted by Crippen LogP contribution is -2.29. The Balaban J connectivity index is 2.01. The molecule has 0 radical (unpaired) electrons. The zero-order valence-electron chi connectivity index (χ0n) is 6.06. The van der Waals surface area contributed by atoms with Gasteiger partial charge in [-0.2, -0.15) is 0 Å². The lowest BCUT2D eigenvalue weighted by atomic mass is 9.67. The van der Waals surface area contributed by atoms with Crippen LogP contribution in [-0.2, 0) is 0 Å². The second kappa shape index (κ2) is 1.09. The van der Waals surface area contributed by atoms with Crippen molar-refractivity contribution in [2.24, 2.45) is 23.2 Å². The fraction of sp³-hybridized carbons (Fsp3) is 1.00. The molecule has 0 heteroatoms. The molecule has 4 saturated carbocycles. The van der Waals surface area contributed by atoms with E-state index in [1.807, 2.05) is 0 Å². The fourth-order valence-corrected chi connectivity index (χ4v) is 3.70. The molecule has 0 heterocycles. The Hall–Kier alpha value is 0. The van der Waals surface area contributed by atoms with Crippen LogP contribution in [0.4, 0.5) is 0 Å². The highest BCUT2D eigenvalue weighted by Gasteiger charge is 2.62. The summed E-state index contributed by atoms with van der Waals surface area (Å²) in [6.07, 6.45) is 6.31. The minimum Gasteiger partial charge on any atom is -0.0593 e. The van der Waals surface area contributed by atoms with Crippen LogP contribution in [0.2, 0.25) is 0 Å². The van der Waals surface area contributed by atoms with Crippen molar-refractivity contribution in [1.29, 1.82) is 0 Å². The monoisotopic (exact) mass is 122 g/mol. The van der Waals surface area contributed by atoms with Crippen LogP contribution >= 0.6 is 0 Å². The van der Waals surface area contributed by atoms with Gasteiger partial charge in [0, 0.05) is 0 Å². The van der Waals surface area contributed by atoms with E-state index < -0.39 is 0 Å². The summed E-state index contributed by atoms with van der Waals surface area (Å²) < 4.78 is 0. The molecule has 0 nitrogen and oxygen atoms in total. The molecule has 0 spiro atoms. The average Bonchev–Trinajstić information content (AvgIpc) is 1.79. The number of hydrogen-bond donors (Lipinski definition) is 0. The first-order valence-corrected chi connectivity index (χ1v) is 4.30. The Bertz CT molecular complexity index is 153. The fourth-order valence-electron chi connectivity index (χ4n) is 3.70. The van der Waals surface area contributed by atoms with E-state index in [1.165, 1.54) is 17.8 Å². The predicted molar refractivity (Wildman–Crippen MR) is 37.0 cm³/mol. The first-order valence-electron chi connectivity index (χ1n) is 4.30. The summed E-state index contributed by atoms with van der Waals surface area (Å²) in [5, 5.41) is 0. The van der Waals surface area contributed by atoms with Gasteiger partial charge in [-0.3, -0.25) is 0 Å². The van der Waals surface area contributed by atoms with Crippen LogP contribution < -0.4 is 0 Å². The van der Waals surface area contributed by atoms with Crippen molar-refractivity contribution in [2.45, 2.75) is 32.6 Å². The van der Waals surface area contributed by atoms with E-state index in [2.05, 4.69) is 6.92 Å². The Morgan fingerprint density at radius 2 is 2.00 bits per heavy atom. The van der Waals surface area contributed by atoms with Crippen LogP contribution in [-0.4, -0.2) is 0 Å². The van der Waals surface area contributed by atoms with Crippen molar-refractivity contribution in [3.8, 4) is 0 Å². The van der Waals surface area contributed by atoms with Crippen LogP contribution in [0.25, 0.3) is 0 Å². The Labute approximate surface area is 56.6 Å². The van der Waals surface area contributed by atoms with Gasteiger partial charge in [-0.05, 0) is 48.9 Å². The molecule has 4 aliphatic rings. The normalized spacial score (nSPS) is 68.3. The molecule has 0 N–H and O–H groups in total. The van der Waals surface area contributed by atoms with E-state index in [9.17, 15) is 0 Å². The first kappa shape index (κ1) is 4.76. The van der Waals surface area contributed by atoms with Gasteiger partial charge >= 0.3 is 0 Å². The van der Waals surface area contributed by atoms with Gasteiger partial charge in [-0.15, -0.1) is 0 Å². The topological polar surface area (TPSA) is 0 Å². The van der Waals surface area contributed by atoms with Crippen molar-refractivity contribution in [1.82, 2.24) is 0 Å². The summed E-state index contributed by atoms with van der Waals surface area (Å²) in [5.41, 5.74) is 0.855. The van der Waals surface area contributed by atoms with Gasteiger partial charge in [0.1, 0.15) is 0 Å². The van der Waals surface area contributed by atoms with Gasteiger partial charge in [0.2, 0.25) is 0 Å². The zero-order valence-corrected chi connectivity index (χ0v) is 6.06. The summed E-state index contributed by atoms with van der Waals surface area (Å²) in [4.78, 5) is 0. The second-order valence-electron chi connectivity index (χ2n) is 4.67. The van der Waals surface area contributed by atoms with Gasteiger partial charge in [-0.1, -0.05) is 6.92 Å². The summed E-state index contributed by atoms with van der Waals surface area (Å²) in [6.45, 7) is 2.51. The van der Waals surface area contributed by atoms with Gasteiger partial charge in [0.05, 0.1) is 0 Å². The van der Waals surface area contributed by atoms with Gasteiger partial charge in [-0.25, -0.2) is 0 Å².